The number of aliphatic hydroxyl groups excluding tert-OH is 3. The molecule has 138 valence electrons. The summed E-state index contributed by atoms with van der Waals surface area (Å²) in [5, 5.41) is 32.0. The lowest BCUT2D eigenvalue weighted by Gasteiger charge is -2.58. The van der Waals surface area contributed by atoms with Crippen LogP contribution in [0.3, 0.4) is 0 Å². The normalized spacial score (nSPS) is 53.4. The fourth-order valence-corrected chi connectivity index (χ4v) is 5.37. The molecule has 2 bridgehead atoms. The second kappa shape index (κ2) is 4.89. The van der Waals surface area contributed by atoms with E-state index in [-0.39, 0.29) is 6.61 Å². The number of ether oxygens (including phenoxy) is 3. The van der Waals surface area contributed by atoms with Crippen molar-refractivity contribution < 1.29 is 39.1 Å². The third-order valence-corrected chi connectivity index (χ3v) is 6.83. The van der Waals surface area contributed by atoms with E-state index in [9.17, 15) is 24.9 Å². The molecule has 0 amide bonds. The highest BCUT2D eigenvalue weighted by Crippen LogP contribution is 2.71. The molecule has 0 unspecified atom stereocenters. The molecule has 0 aromatic heterocycles. The molecule has 3 N–H and O–H groups in total. The Balaban J connectivity index is 1.96. The fourth-order valence-electron chi connectivity index (χ4n) is 5.37. The molecule has 0 aromatic rings. The van der Waals surface area contributed by atoms with Crippen molar-refractivity contribution in [3.05, 3.63) is 11.6 Å². The fraction of sp³-hybridized carbons (Fsp3) is 0.765. The Morgan fingerprint density at radius 3 is 2.60 bits per heavy atom. The molecule has 25 heavy (non-hydrogen) atoms. The maximum atomic E-state index is 12.5. The third-order valence-electron chi connectivity index (χ3n) is 6.83. The number of carbonyl (C=O) groups is 2. The minimum atomic E-state index is -1.57. The Bertz CT molecular complexity index is 682. The first-order valence-corrected chi connectivity index (χ1v) is 8.33. The highest BCUT2D eigenvalue weighted by molar-refractivity contribution is 6.00. The van der Waals surface area contributed by atoms with Gasteiger partial charge in [-0.25, -0.2) is 0 Å². The minimum absolute atomic E-state index is 0.223. The molecule has 1 spiro atoms. The van der Waals surface area contributed by atoms with Crippen LogP contribution in [0.2, 0.25) is 0 Å². The monoisotopic (exact) mass is 354 g/mol. The van der Waals surface area contributed by atoms with Crippen LogP contribution in [0.5, 0.6) is 0 Å². The number of esters is 1. The van der Waals surface area contributed by atoms with Crippen LogP contribution in [-0.4, -0.2) is 76.4 Å². The molecule has 8 atom stereocenters. The van der Waals surface area contributed by atoms with Crippen LogP contribution in [0, 0.1) is 10.8 Å². The van der Waals surface area contributed by atoms with Gasteiger partial charge in [0.05, 0.1) is 30.1 Å². The number of ketones is 1. The van der Waals surface area contributed by atoms with Crippen molar-refractivity contribution in [3.63, 3.8) is 0 Å². The molecule has 8 nitrogen and oxygen atoms in total. The van der Waals surface area contributed by atoms with Gasteiger partial charge in [0.2, 0.25) is 0 Å². The molecule has 8 heteroatoms. The van der Waals surface area contributed by atoms with Crippen molar-refractivity contribution in [2.24, 2.45) is 10.8 Å². The van der Waals surface area contributed by atoms with Gasteiger partial charge in [-0.15, -0.1) is 0 Å². The number of hydrogen-bond acceptors (Lipinski definition) is 8. The average Bonchev–Trinajstić information content (AvgIpc) is 3.33. The zero-order chi connectivity index (χ0) is 18.4. The van der Waals surface area contributed by atoms with Crippen molar-refractivity contribution in [3.8, 4) is 0 Å². The molecule has 1 saturated carbocycles. The standard InChI is InChI=1S/C17H22O8/c1-7-4-9-16(5-18,12(22)10(7)20)15(3)13(24-8(2)19)11(21)14(25-9)17(15)6-23-17/h4,9,11-14,18,21-22H,5-6H2,1-3H3/t9-,11-,12-,13+,14-,15-,16-,17+/m0/s1. The van der Waals surface area contributed by atoms with Crippen LogP contribution in [-0.2, 0) is 23.8 Å². The van der Waals surface area contributed by atoms with E-state index in [1.54, 1.807) is 19.9 Å². The van der Waals surface area contributed by atoms with Crippen molar-refractivity contribution in [2.75, 3.05) is 13.2 Å². The Labute approximate surface area is 144 Å². The van der Waals surface area contributed by atoms with Gasteiger partial charge in [0.1, 0.15) is 30.0 Å². The van der Waals surface area contributed by atoms with E-state index in [4.69, 9.17) is 14.2 Å². The Kier molecular flexibility index (Phi) is 3.35. The number of hydrogen-bond donors (Lipinski definition) is 3. The molecule has 3 fully saturated rings. The highest BCUT2D eigenvalue weighted by Gasteiger charge is 2.87. The largest absolute Gasteiger partial charge is 0.459 e. The summed E-state index contributed by atoms with van der Waals surface area (Å²) in [6.07, 6.45) is -3.87. The molecule has 4 rings (SSSR count). The van der Waals surface area contributed by atoms with Crippen molar-refractivity contribution >= 4 is 11.8 Å². The molecule has 0 aromatic carbocycles. The summed E-state index contributed by atoms with van der Waals surface area (Å²) in [4.78, 5) is 24.1. The Hall–Kier alpha value is -1.32. The number of Topliss-reactive ketones (excluding diaryl/α,β-unsaturated/α-hetero) is 1. The highest BCUT2D eigenvalue weighted by atomic mass is 16.7. The van der Waals surface area contributed by atoms with Gasteiger partial charge in [0.25, 0.3) is 0 Å². The van der Waals surface area contributed by atoms with Crippen LogP contribution in [0.15, 0.2) is 11.6 Å². The summed E-state index contributed by atoms with van der Waals surface area (Å²) >= 11 is 0. The van der Waals surface area contributed by atoms with E-state index in [1.165, 1.54) is 6.92 Å². The first kappa shape index (κ1) is 17.1. The van der Waals surface area contributed by atoms with Crippen LogP contribution in [0.4, 0.5) is 0 Å². The molecule has 0 radical (unpaired) electrons. The molecular weight excluding hydrogens is 332 g/mol. The number of rotatable bonds is 2. The van der Waals surface area contributed by atoms with Gasteiger partial charge < -0.3 is 29.5 Å². The third kappa shape index (κ3) is 1.65. The van der Waals surface area contributed by atoms with Crippen molar-refractivity contribution in [1.82, 2.24) is 0 Å². The maximum absolute atomic E-state index is 12.5. The topological polar surface area (TPSA) is 126 Å². The molecule has 2 aliphatic heterocycles. The Morgan fingerprint density at radius 2 is 2.08 bits per heavy atom. The smallest absolute Gasteiger partial charge is 0.303 e. The number of aliphatic hydroxyl groups is 3. The summed E-state index contributed by atoms with van der Waals surface area (Å²) in [6, 6.07) is 0. The molecule has 4 aliphatic rings. The summed E-state index contributed by atoms with van der Waals surface area (Å²) in [7, 11) is 0. The minimum Gasteiger partial charge on any atom is -0.459 e. The van der Waals surface area contributed by atoms with Crippen LogP contribution in [0.25, 0.3) is 0 Å². The van der Waals surface area contributed by atoms with E-state index >= 15 is 0 Å². The van der Waals surface area contributed by atoms with Gasteiger partial charge >= 0.3 is 5.97 Å². The van der Waals surface area contributed by atoms with E-state index < -0.39 is 65.3 Å². The zero-order valence-corrected chi connectivity index (χ0v) is 14.3. The van der Waals surface area contributed by atoms with Crippen LogP contribution < -0.4 is 0 Å². The van der Waals surface area contributed by atoms with Gasteiger partial charge in [0, 0.05) is 6.92 Å². The first-order chi connectivity index (χ1) is 11.7. The van der Waals surface area contributed by atoms with E-state index in [0.29, 0.717) is 5.57 Å². The van der Waals surface area contributed by atoms with Crippen molar-refractivity contribution in [1.29, 1.82) is 0 Å². The van der Waals surface area contributed by atoms with E-state index in [1.807, 2.05) is 0 Å². The summed E-state index contributed by atoms with van der Waals surface area (Å²) in [6.45, 7) is 4.11. The second-order valence-corrected chi connectivity index (χ2v) is 7.69. The molecule has 2 heterocycles. The number of carbonyl (C=O) groups excluding carboxylic acids is 2. The predicted octanol–water partition coefficient (Wildman–Crippen LogP) is -1.30. The molecular formula is C17H22O8. The van der Waals surface area contributed by atoms with E-state index in [0.717, 1.165) is 0 Å². The lowest BCUT2D eigenvalue weighted by Crippen LogP contribution is -2.72. The number of epoxide rings is 1. The number of fused-ring (bicyclic) bond motifs is 2. The molecule has 2 aliphatic carbocycles. The van der Waals surface area contributed by atoms with Crippen molar-refractivity contribution in [2.45, 2.75) is 56.9 Å². The van der Waals surface area contributed by atoms with Gasteiger partial charge in [-0.1, -0.05) is 6.92 Å². The lowest BCUT2D eigenvalue weighted by atomic mass is 9.50. The Morgan fingerprint density at radius 1 is 1.44 bits per heavy atom. The van der Waals surface area contributed by atoms with Crippen LogP contribution in [0.1, 0.15) is 20.8 Å². The lowest BCUT2D eigenvalue weighted by molar-refractivity contribution is -0.255. The maximum Gasteiger partial charge on any atom is 0.303 e. The SMILES string of the molecule is CC(=O)O[C@@H]1[C@H](O)[C@@H]2O[C@H]3C=C(C)C(=O)[C@H](O)[C@@]3(CO)[C@@]1(C)[C@@]21CO1. The van der Waals surface area contributed by atoms with Gasteiger partial charge in [-0.2, -0.15) is 0 Å². The predicted molar refractivity (Wildman–Crippen MR) is 81.3 cm³/mol. The first-order valence-electron chi connectivity index (χ1n) is 8.33. The molecule has 2 saturated heterocycles. The van der Waals surface area contributed by atoms with E-state index in [2.05, 4.69) is 0 Å². The van der Waals surface area contributed by atoms with Gasteiger partial charge in [-0.05, 0) is 18.6 Å². The zero-order valence-electron chi connectivity index (χ0n) is 14.3. The van der Waals surface area contributed by atoms with Crippen LogP contribution >= 0.6 is 0 Å². The van der Waals surface area contributed by atoms with Gasteiger partial charge in [-0.3, -0.25) is 9.59 Å². The summed E-state index contributed by atoms with van der Waals surface area (Å²) < 4.78 is 17.1. The average molecular weight is 354 g/mol. The summed E-state index contributed by atoms with van der Waals surface area (Å²) in [5.41, 5.74) is -3.39. The van der Waals surface area contributed by atoms with Gasteiger partial charge in [0.15, 0.2) is 5.78 Å². The quantitative estimate of drug-likeness (QED) is 0.413. The second-order valence-electron chi connectivity index (χ2n) is 7.69. The summed E-state index contributed by atoms with van der Waals surface area (Å²) in [5.74, 6) is -1.13.